The van der Waals surface area contributed by atoms with Crippen LogP contribution in [0.15, 0.2) is 161 Å². The van der Waals surface area contributed by atoms with Gasteiger partial charge in [0.25, 0.3) is 11.1 Å². The predicted octanol–water partition coefficient (Wildman–Crippen LogP) is 8.81. The van der Waals surface area contributed by atoms with Crippen LogP contribution >= 0.6 is 0 Å². The lowest BCUT2D eigenvalue weighted by molar-refractivity contribution is -0.133. The molecule has 8 aromatic rings. The molecule has 2 aliphatic rings. The molecule has 10 rings (SSSR count). The van der Waals surface area contributed by atoms with Gasteiger partial charge in [-0.25, -0.2) is 9.97 Å². The number of anilines is 2. The molecular weight excluding hydrogens is 955 g/mol. The van der Waals surface area contributed by atoms with E-state index >= 15 is 0 Å². The summed E-state index contributed by atoms with van der Waals surface area (Å²) in [6, 6.07) is 50.7. The number of methoxy groups -OCH3 is 1. The molecule has 0 radical (unpaired) electrons. The van der Waals surface area contributed by atoms with Gasteiger partial charge in [0.15, 0.2) is 0 Å². The molecule has 0 unspecified atom stereocenters. The van der Waals surface area contributed by atoms with Crippen molar-refractivity contribution < 1.29 is 19.1 Å². The van der Waals surface area contributed by atoms with E-state index in [1.54, 1.807) is 18.2 Å². The van der Waals surface area contributed by atoms with Gasteiger partial charge in [-0.15, -0.1) is 0 Å². The van der Waals surface area contributed by atoms with Gasteiger partial charge in [-0.1, -0.05) is 121 Å². The first kappa shape index (κ1) is 52.1. The number of nitrogens with zero attached hydrogens (tertiary/aromatic N) is 5. The maximum atomic E-state index is 13.7. The molecule has 6 aromatic carbocycles. The second kappa shape index (κ2) is 23.6. The van der Waals surface area contributed by atoms with Crippen molar-refractivity contribution >= 4 is 45.5 Å². The van der Waals surface area contributed by atoms with Gasteiger partial charge in [0.2, 0.25) is 23.7 Å². The zero-order chi connectivity index (χ0) is 53.1. The number of ether oxygens (including phenoxy) is 2. The van der Waals surface area contributed by atoms with Crippen molar-refractivity contribution in [3.8, 4) is 17.6 Å². The van der Waals surface area contributed by atoms with Crippen molar-refractivity contribution in [3.05, 3.63) is 200 Å². The molecule has 388 valence electrons. The van der Waals surface area contributed by atoms with E-state index in [2.05, 4.69) is 60.8 Å². The van der Waals surface area contributed by atoms with Crippen molar-refractivity contribution in [2.24, 2.45) is 10.8 Å². The SMILES string of the molecule is CC(C)Oc1ccc2c(=O)[nH]c(N3CCC(Cc4ccccc4)(C(=O)NCc4ccccc4)CC3)nc2c1.COc1cc2nc(N3CCC(Cc4ccccc4)(C(=O)NCc4ccccc4)CC3)[nH]c(=O)c2cc1C#N. The third-order valence-electron chi connectivity index (χ3n) is 14.5. The topological polar surface area (TPSA) is 198 Å². The largest absolute Gasteiger partial charge is 0.495 e. The van der Waals surface area contributed by atoms with E-state index in [4.69, 9.17) is 14.5 Å². The standard InChI is InChI=1S/C31H34N4O3.C30H29N5O3/c1-22(2)38-25-13-14-26-27(19-25)33-30(34-28(26)36)35-17-15-31(16-18-35,20-23-9-5-3-6-10-23)29(37)32-21-24-11-7-4-8-12-24;1-38-26-17-25-24(16-23(26)19-31)27(36)34-29(33-25)35-14-12-30(13-15-35,18-21-8-4-2-5-9-21)28(37)32-20-22-10-6-3-7-11-22/h3-14,19,22H,15-18,20-21H2,1-2H3,(H,32,37)(H,33,34,36);2-11,16-17H,12-15,18,20H2,1H3,(H,32,37)(H,33,34,36). The molecule has 0 spiro atoms. The third kappa shape index (κ3) is 12.2. The van der Waals surface area contributed by atoms with Crippen LogP contribution in [0, 0.1) is 22.2 Å². The van der Waals surface area contributed by atoms with E-state index in [0.29, 0.717) is 123 Å². The molecule has 2 fully saturated rings. The second-order valence-corrected chi connectivity index (χ2v) is 20.0. The number of nitrogens with one attached hydrogen (secondary N) is 4. The highest BCUT2D eigenvalue weighted by Crippen LogP contribution is 2.39. The zero-order valence-electron chi connectivity index (χ0n) is 43.2. The van der Waals surface area contributed by atoms with Crippen LogP contribution in [-0.2, 0) is 35.5 Å². The molecule has 2 aliphatic heterocycles. The summed E-state index contributed by atoms with van der Waals surface area (Å²) in [5.41, 5.74) is 4.13. The summed E-state index contributed by atoms with van der Waals surface area (Å²) < 4.78 is 11.1. The van der Waals surface area contributed by atoms with Gasteiger partial charge >= 0.3 is 0 Å². The first-order chi connectivity index (χ1) is 36.9. The van der Waals surface area contributed by atoms with Crippen LogP contribution < -0.4 is 41.0 Å². The van der Waals surface area contributed by atoms with Crippen LogP contribution in [0.3, 0.4) is 0 Å². The summed E-state index contributed by atoms with van der Waals surface area (Å²) in [7, 11) is 1.48. The number of aromatic nitrogens is 4. The van der Waals surface area contributed by atoms with Crippen molar-refractivity contribution in [3.63, 3.8) is 0 Å². The normalized spacial score (nSPS) is 14.8. The number of carbonyl (C=O) groups excluding carboxylic acids is 2. The molecule has 2 amide bonds. The van der Waals surface area contributed by atoms with Gasteiger partial charge in [-0.05, 0) is 92.8 Å². The number of fused-ring (bicyclic) bond motifs is 2. The fourth-order valence-corrected chi connectivity index (χ4v) is 10.3. The number of aromatic amines is 2. The molecule has 0 atom stereocenters. The van der Waals surface area contributed by atoms with Gasteiger partial charge in [0, 0.05) is 51.4 Å². The highest BCUT2D eigenvalue weighted by molar-refractivity contribution is 5.85. The van der Waals surface area contributed by atoms with Gasteiger partial charge in [0.1, 0.15) is 17.6 Å². The number of amides is 2. The summed E-state index contributed by atoms with van der Waals surface area (Å²) in [4.78, 5) is 72.4. The summed E-state index contributed by atoms with van der Waals surface area (Å²) in [5, 5.41) is 16.6. The zero-order valence-corrected chi connectivity index (χ0v) is 43.2. The first-order valence-electron chi connectivity index (χ1n) is 25.9. The van der Waals surface area contributed by atoms with E-state index < -0.39 is 10.8 Å². The van der Waals surface area contributed by atoms with Gasteiger partial charge in [0.05, 0.1) is 51.4 Å². The highest BCUT2D eigenvalue weighted by atomic mass is 16.5. The number of benzene rings is 6. The molecule has 76 heavy (non-hydrogen) atoms. The minimum absolute atomic E-state index is 0.0294. The van der Waals surface area contributed by atoms with Crippen LogP contribution in [-0.4, -0.2) is 71.1 Å². The lowest BCUT2D eigenvalue weighted by Gasteiger charge is -2.41. The summed E-state index contributed by atoms with van der Waals surface area (Å²) in [6.07, 6.45) is 3.86. The Morgan fingerprint density at radius 3 is 1.45 bits per heavy atom. The molecule has 4 N–H and O–H groups in total. The molecular formula is C61H63N9O6. The second-order valence-electron chi connectivity index (χ2n) is 20.0. The van der Waals surface area contributed by atoms with E-state index in [1.165, 1.54) is 13.2 Å². The Balaban J connectivity index is 0.000000186. The number of carbonyl (C=O) groups is 2. The Morgan fingerprint density at radius 2 is 1.03 bits per heavy atom. The Hall–Kier alpha value is -8.77. The van der Waals surface area contributed by atoms with E-state index in [0.717, 1.165) is 22.3 Å². The predicted molar refractivity (Wildman–Crippen MR) is 296 cm³/mol. The van der Waals surface area contributed by atoms with E-state index in [-0.39, 0.29) is 34.6 Å². The van der Waals surface area contributed by atoms with Crippen molar-refractivity contribution in [2.45, 2.75) is 71.6 Å². The van der Waals surface area contributed by atoms with Crippen LogP contribution in [0.1, 0.15) is 67.3 Å². The Bertz CT molecular complexity index is 3440. The van der Waals surface area contributed by atoms with Crippen molar-refractivity contribution in [1.29, 1.82) is 5.26 Å². The van der Waals surface area contributed by atoms with Crippen molar-refractivity contribution in [1.82, 2.24) is 30.6 Å². The maximum Gasteiger partial charge on any atom is 0.260 e. The molecule has 0 saturated carbocycles. The number of piperidine rings is 2. The molecule has 2 saturated heterocycles. The van der Waals surface area contributed by atoms with Gasteiger partial charge in [-0.2, -0.15) is 5.26 Å². The van der Waals surface area contributed by atoms with Gasteiger partial charge in [-0.3, -0.25) is 29.1 Å². The number of rotatable bonds is 15. The Labute approximate surface area is 442 Å². The quantitative estimate of drug-likeness (QED) is 0.0766. The van der Waals surface area contributed by atoms with E-state index in [1.807, 2.05) is 122 Å². The molecule has 15 heteroatoms. The number of hydrogen-bond donors (Lipinski definition) is 4. The smallest absolute Gasteiger partial charge is 0.260 e. The number of nitriles is 1. The minimum Gasteiger partial charge on any atom is -0.495 e. The van der Waals surface area contributed by atoms with E-state index in [9.17, 15) is 24.4 Å². The summed E-state index contributed by atoms with van der Waals surface area (Å²) in [6.45, 7) is 7.26. The maximum absolute atomic E-state index is 13.7. The number of H-pyrrole nitrogens is 2. The van der Waals surface area contributed by atoms with Crippen LogP contribution in [0.4, 0.5) is 11.9 Å². The van der Waals surface area contributed by atoms with Crippen LogP contribution in [0.2, 0.25) is 0 Å². The van der Waals surface area contributed by atoms with Crippen LogP contribution in [0.25, 0.3) is 21.8 Å². The van der Waals surface area contributed by atoms with Gasteiger partial charge < -0.3 is 29.9 Å². The molecule has 4 heterocycles. The fourth-order valence-electron chi connectivity index (χ4n) is 10.3. The monoisotopic (exact) mass is 1020 g/mol. The highest BCUT2D eigenvalue weighted by Gasteiger charge is 2.43. The Morgan fingerprint density at radius 1 is 0.605 bits per heavy atom. The average Bonchev–Trinajstić information content (AvgIpc) is 3.44. The lowest BCUT2D eigenvalue weighted by atomic mass is 9.73. The lowest BCUT2D eigenvalue weighted by Crippen LogP contribution is -2.50. The summed E-state index contributed by atoms with van der Waals surface area (Å²) in [5.74, 6) is 2.15. The summed E-state index contributed by atoms with van der Waals surface area (Å²) >= 11 is 0. The molecule has 0 bridgehead atoms. The first-order valence-corrected chi connectivity index (χ1v) is 25.9. The third-order valence-corrected chi connectivity index (χ3v) is 14.5. The Kier molecular flexibility index (Phi) is 16.2. The average molecular weight is 1020 g/mol. The molecule has 15 nitrogen and oxygen atoms in total. The number of hydrogen-bond acceptors (Lipinski definition) is 11. The minimum atomic E-state index is -0.575. The van der Waals surface area contributed by atoms with Crippen molar-refractivity contribution in [2.75, 3.05) is 43.1 Å². The fraction of sp³-hybridized carbons (Fsp3) is 0.295. The molecule has 0 aliphatic carbocycles. The van der Waals surface area contributed by atoms with Crippen LogP contribution in [0.5, 0.6) is 11.5 Å². The molecule has 2 aromatic heterocycles.